The summed E-state index contributed by atoms with van der Waals surface area (Å²) in [5.74, 6) is 2.27. The molecule has 0 spiro atoms. The smallest absolute Gasteiger partial charge is 0.228 e. The average molecular weight is 480 g/mol. The number of nitrogens with zero attached hydrogens (tertiary/aromatic N) is 3. The molecule has 4 heterocycles. The number of fused-ring (bicyclic) bond motifs is 6. The van der Waals surface area contributed by atoms with Crippen LogP contribution in [0.2, 0.25) is 0 Å². The van der Waals surface area contributed by atoms with E-state index in [4.69, 9.17) is 9.47 Å². The zero-order valence-electron chi connectivity index (χ0n) is 20.9. The van der Waals surface area contributed by atoms with Crippen molar-refractivity contribution < 1.29 is 19.1 Å². The molecule has 2 amide bonds. The van der Waals surface area contributed by atoms with Crippen LogP contribution < -0.4 is 14.4 Å². The monoisotopic (exact) mass is 479 g/mol. The summed E-state index contributed by atoms with van der Waals surface area (Å²) in [5.41, 5.74) is 2.20. The van der Waals surface area contributed by atoms with E-state index in [-0.39, 0.29) is 30.2 Å². The molecule has 4 aliphatic heterocycles. The second-order valence-electron chi connectivity index (χ2n) is 11.0. The molecule has 5 atom stereocenters. The average Bonchev–Trinajstić information content (AvgIpc) is 3.28. The first kappa shape index (κ1) is 22.9. The van der Waals surface area contributed by atoms with E-state index in [9.17, 15) is 9.59 Å². The van der Waals surface area contributed by atoms with Crippen molar-refractivity contribution in [3.05, 3.63) is 29.8 Å². The van der Waals surface area contributed by atoms with Gasteiger partial charge in [-0.15, -0.1) is 0 Å². The topological polar surface area (TPSA) is 62.3 Å². The SMILES string of the molecule is COc1ccc(N2C[C@H](C(=O)N3CCCC4=C[C@H]5C[C@@H](CN6CCCC[C@@H]56)[C@H]43)CC2=O)c(OC)c1. The summed E-state index contributed by atoms with van der Waals surface area (Å²) in [6.07, 6.45) is 10.1. The van der Waals surface area contributed by atoms with Crippen molar-refractivity contribution in [2.24, 2.45) is 17.8 Å². The van der Waals surface area contributed by atoms with Crippen molar-refractivity contribution in [2.75, 3.05) is 45.3 Å². The maximum Gasteiger partial charge on any atom is 0.228 e. The maximum absolute atomic E-state index is 13.9. The molecule has 4 saturated heterocycles. The molecule has 1 aromatic rings. The zero-order chi connectivity index (χ0) is 24.1. The molecule has 0 saturated carbocycles. The molecule has 1 aromatic carbocycles. The first-order valence-electron chi connectivity index (χ1n) is 13.3. The summed E-state index contributed by atoms with van der Waals surface area (Å²) in [5, 5.41) is 0. The third-order valence-electron chi connectivity index (χ3n) is 9.09. The molecule has 2 bridgehead atoms. The molecule has 7 nitrogen and oxygen atoms in total. The minimum absolute atomic E-state index is 0.0166. The highest BCUT2D eigenvalue weighted by Crippen LogP contribution is 2.46. The molecule has 6 rings (SSSR count). The van der Waals surface area contributed by atoms with Gasteiger partial charge in [-0.05, 0) is 62.6 Å². The number of likely N-dealkylation sites (tertiary alicyclic amines) is 1. The molecule has 7 heteroatoms. The van der Waals surface area contributed by atoms with E-state index in [1.54, 1.807) is 25.2 Å². The van der Waals surface area contributed by atoms with Crippen LogP contribution in [0, 0.1) is 17.8 Å². The van der Waals surface area contributed by atoms with E-state index in [2.05, 4.69) is 15.9 Å². The van der Waals surface area contributed by atoms with E-state index < -0.39 is 0 Å². The van der Waals surface area contributed by atoms with Crippen molar-refractivity contribution in [2.45, 2.75) is 57.0 Å². The lowest BCUT2D eigenvalue weighted by Crippen LogP contribution is -2.60. The fraction of sp³-hybridized carbons (Fsp3) is 0.643. The molecule has 0 aromatic heterocycles. The highest BCUT2D eigenvalue weighted by Gasteiger charge is 2.48. The zero-order valence-corrected chi connectivity index (χ0v) is 20.9. The fourth-order valence-electron chi connectivity index (χ4n) is 7.57. The maximum atomic E-state index is 13.9. The van der Waals surface area contributed by atoms with Gasteiger partial charge in [-0.2, -0.15) is 0 Å². The van der Waals surface area contributed by atoms with Gasteiger partial charge in [0.05, 0.1) is 31.9 Å². The molecule has 0 radical (unpaired) electrons. The van der Waals surface area contributed by atoms with E-state index in [0.29, 0.717) is 41.6 Å². The highest BCUT2D eigenvalue weighted by molar-refractivity contribution is 6.01. The number of piperidine rings is 3. The van der Waals surface area contributed by atoms with Crippen molar-refractivity contribution in [1.29, 1.82) is 0 Å². The lowest BCUT2D eigenvalue weighted by molar-refractivity contribution is -0.140. The van der Waals surface area contributed by atoms with Crippen LogP contribution in [-0.4, -0.2) is 74.1 Å². The highest BCUT2D eigenvalue weighted by atomic mass is 16.5. The van der Waals surface area contributed by atoms with Gasteiger partial charge in [0.15, 0.2) is 0 Å². The summed E-state index contributed by atoms with van der Waals surface area (Å²) >= 11 is 0. The summed E-state index contributed by atoms with van der Waals surface area (Å²) < 4.78 is 10.8. The summed E-state index contributed by atoms with van der Waals surface area (Å²) in [6.45, 7) is 3.54. The molecule has 35 heavy (non-hydrogen) atoms. The standard InChI is InChI=1S/C28H37N3O4/c1-34-22-8-9-24(25(15-22)35-2)31-17-21(14-26(31)32)28(33)30-11-5-6-18-12-19-13-20(27(18)30)16-29-10-4-3-7-23(19)29/h8-9,12,15,19-21,23,27H,3-7,10-11,13-14,16-17H2,1-2H3/t19-,20-,21+,23-,27-/m0/s1. The Morgan fingerprint density at radius 2 is 1.94 bits per heavy atom. The van der Waals surface area contributed by atoms with Gasteiger partial charge in [-0.3, -0.25) is 14.5 Å². The van der Waals surface area contributed by atoms with Gasteiger partial charge in [0.1, 0.15) is 11.5 Å². The number of rotatable bonds is 4. The number of amides is 2. The summed E-state index contributed by atoms with van der Waals surface area (Å²) in [6, 6.07) is 6.39. The van der Waals surface area contributed by atoms with Gasteiger partial charge in [0.25, 0.3) is 0 Å². The Hall–Kier alpha value is -2.54. The first-order valence-corrected chi connectivity index (χ1v) is 13.3. The minimum atomic E-state index is -0.308. The number of benzene rings is 1. The molecule has 5 aliphatic rings. The Bertz CT molecular complexity index is 1040. The Balaban J connectivity index is 1.22. The third-order valence-corrected chi connectivity index (χ3v) is 9.09. The number of carbonyl (C=O) groups is 2. The van der Waals surface area contributed by atoms with E-state index in [0.717, 1.165) is 25.9 Å². The Kier molecular flexibility index (Phi) is 5.99. The van der Waals surface area contributed by atoms with Crippen LogP contribution in [0.4, 0.5) is 5.69 Å². The van der Waals surface area contributed by atoms with Crippen molar-refractivity contribution >= 4 is 17.5 Å². The molecular formula is C28H37N3O4. The minimum Gasteiger partial charge on any atom is -0.497 e. The number of ether oxygens (including phenoxy) is 2. The van der Waals surface area contributed by atoms with Crippen LogP contribution in [0.15, 0.2) is 29.8 Å². The number of methoxy groups -OCH3 is 2. The lowest BCUT2D eigenvalue weighted by atomic mass is 9.68. The molecule has 0 unspecified atom stereocenters. The number of hydrogen-bond acceptors (Lipinski definition) is 5. The Labute approximate surface area is 208 Å². The predicted molar refractivity (Wildman–Crippen MR) is 134 cm³/mol. The molecule has 0 N–H and O–H groups in total. The predicted octanol–water partition coefficient (Wildman–Crippen LogP) is 3.48. The van der Waals surface area contributed by atoms with Crippen LogP contribution in [0.5, 0.6) is 11.5 Å². The van der Waals surface area contributed by atoms with Crippen LogP contribution >= 0.6 is 0 Å². The Morgan fingerprint density at radius 1 is 1.06 bits per heavy atom. The van der Waals surface area contributed by atoms with E-state index >= 15 is 0 Å². The van der Waals surface area contributed by atoms with Crippen LogP contribution in [0.3, 0.4) is 0 Å². The summed E-state index contributed by atoms with van der Waals surface area (Å²) in [7, 11) is 3.20. The van der Waals surface area contributed by atoms with Crippen molar-refractivity contribution in [3.63, 3.8) is 0 Å². The van der Waals surface area contributed by atoms with Crippen LogP contribution in [0.1, 0.15) is 44.9 Å². The van der Waals surface area contributed by atoms with Crippen LogP contribution in [0.25, 0.3) is 0 Å². The molecule has 188 valence electrons. The first-order chi connectivity index (χ1) is 17.1. The van der Waals surface area contributed by atoms with Gasteiger partial charge in [-0.1, -0.05) is 18.1 Å². The lowest BCUT2D eigenvalue weighted by Gasteiger charge is -2.55. The molecule has 4 fully saturated rings. The number of anilines is 1. The normalized spacial score (nSPS) is 32.6. The van der Waals surface area contributed by atoms with E-state index in [1.807, 2.05) is 12.1 Å². The van der Waals surface area contributed by atoms with Gasteiger partial charge in [-0.25, -0.2) is 0 Å². The second-order valence-corrected chi connectivity index (χ2v) is 11.0. The second kappa shape index (κ2) is 9.16. The quantitative estimate of drug-likeness (QED) is 0.619. The van der Waals surface area contributed by atoms with Gasteiger partial charge in [0.2, 0.25) is 11.8 Å². The number of hydrogen-bond donors (Lipinski definition) is 0. The fourth-order valence-corrected chi connectivity index (χ4v) is 7.57. The third kappa shape index (κ3) is 3.92. The molecular weight excluding hydrogens is 442 g/mol. The number of carbonyl (C=O) groups excluding carboxylic acids is 2. The van der Waals surface area contributed by atoms with Gasteiger partial charge in [0, 0.05) is 38.2 Å². The van der Waals surface area contributed by atoms with E-state index in [1.165, 1.54) is 37.8 Å². The summed E-state index contributed by atoms with van der Waals surface area (Å²) in [4.78, 5) is 33.6. The van der Waals surface area contributed by atoms with Crippen molar-refractivity contribution in [1.82, 2.24) is 9.80 Å². The molecule has 1 aliphatic carbocycles. The van der Waals surface area contributed by atoms with Crippen molar-refractivity contribution in [3.8, 4) is 11.5 Å². The Morgan fingerprint density at radius 3 is 2.77 bits per heavy atom. The van der Waals surface area contributed by atoms with Gasteiger partial charge < -0.3 is 19.3 Å². The van der Waals surface area contributed by atoms with Gasteiger partial charge >= 0.3 is 0 Å². The largest absolute Gasteiger partial charge is 0.497 e. The van der Waals surface area contributed by atoms with Crippen LogP contribution in [-0.2, 0) is 9.59 Å².